The highest BCUT2D eigenvalue weighted by molar-refractivity contribution is 5.32. The molecule has 0 unspecified atom stereocenters. The summed E-state index contributed by atoms with van der Waals surface area (Å²) in [6, 6.07) is 6.25. The van der Waals surface area contributed by atoms with E-state index in [-0.39, 0.29) is 0 Å². The summed E-state index contributed by atoms with van der Waals surface area (Å²) in [5.41, 5.74) is 2.47. The summed E-state index contributed by atoms with van der Waals surface area (Å²) in [4.78, 5) is 0. The lowest BCUT2D eigenvalue weighted by Crippen LogP contribution is -2.06. The number of hydrogen-bond acceptors (Lipinski definition) is 3. The van der Waals surface area contributed by atoms with E-state index in [1.54, 1.807) is 7.11 Å². The second-order valence-electron chi connectivity index (χ2n) is 4.13. The largest absolute Gasteiger partial charge is 0.493 e. The molecule has 0 aliphatic rings. The number of ether oxygens (including phenoxy) is 3. The molecule has 0 aromatic heterocycles. The van der Waals surface area contributed by atoms with E-state index in [2.05, 4.69) is 32.0 Å². The van der Waals surface area contributed by atoms with Crippen LogP contribution in [0.1, 0.15) is 17.5 Å². The Morgan fingerprint density at radius 3 is 2.24 bits per heavy atom. The van der Waals surface area contributed by atoms with Crippen molar-refractivity contribution in [2.24, 2.45) is 0 Å². The zero-order chi connectivity index (χ0) is 12.5. The molecule has 0 atom stereocenters. The minimum Gasteiger partial charge on any atom is -0.493 e. The monoisotopic (exact) mass is 238 g/mol. The van der Waals surface area contributed by atoms with Gasteiger partial charge in [0.25, 0.3) is 0 Å². The molecule has 0 amide bonds. The summed E-state index contributed by atoms with van der Waals surface area (Å²) in [5, 5.41) is 0. The van der Waals surface area contributed by atoms with Crippen molar-refractivity contribution < 1.29 is 14.2 Å². The quantitative estimate of drug-likeness (QED) is 0.652. The first kappa shape index (κ1) is 14.0. The Labute approximate surface area is 104 Å². The Morgan fingerprint density at radius 1 is 0.882 bits per heavy atom. The number of benzene rings is 1. The van der Waals surface area contributed by atoms with Crippen LogP contribution in [0.25, 0.3) is 0 Å². The van der Waals surface area contributed by atoms with Crippen LogP contribution in [0.15, 0.2) is 18.2 Å². The van der Waals surface area contributed by atoms with Crippen molar-refractivity contribution in [3.05, 3.63) is 29.3 Å². The zero-order valence-electron chi connectivity index (χ0n) is 11.0. The maximum Gasteiger partial charge on any atom is 0.119 e. The summed E-state index contributed by atoms with van der Waals surface area (Å²) in [5.74, 6) is 0.944. The Balaban J connectivity index is 2.13. The molecule has 3 nitrogen and oxygen atoms in total. The lowest BCUT2D eigenvalue weighted by Gasteiger charge is -2.08. The zero-order valence-corrected chi connectivity index (χ0v) is 11.0. The second kappa shape index (κ2) is 8.09. The van der Waals surface area contributed by atoms with Crippen LogP contribution in [-0.2, 0) is 9.47 Å². The summed E-state index contributed by atoms with van der Waals surface area (Å²) < 4.78 is 15.9. The summed E-state index contributed by atoms with van der Waals surface area (Å²) in [7, 11) is 1.67. The molecule has 0 heterocycles. The van der Waals surface area contributed by atoms with Crippen LogP contribution in [0.2, 0.25) is 0 Å². The van der Waals surface area contributed by atoms with Gasteiger partial charge < -0.3 is 14.2 Å². The number of hydrogen-bond donors (Lipinski definition) is 0. The van der Waals surface area contributed by atoms with Gasteiger partial charge in [0.1, 0.15) is 5.75 Å². The van der Waals surface area contributed by atoms with Gasteiger partial charge in [0.15, 0.2) is 0 Å². The fraction of sp³-hybridized carbons (Fsp3) is 0.571. The van der Waals surface area contributed by atoms with Gasteiger partial charge in [0.05, 0.1) is 19.8 Å². The fourth-order valence-electron chi connectivity index (χ4n) is 1.61. The number of methoxy groups -OCH3 is 1. The van der Waals surface area contributed by atoms with Crippen molar-refractivity contribution >= 4 is 0 Å². The van der Waals surface area contributed by atoms with Gasteiger partial charge in [-0.3, -0.25) is 0 Å². The van der Waals surface area contributed by atoms with E-state index in [1.807, 2.05) is 0 Å². The SMILES string of the molecule is COCCOCCCOc1cc(C)cc(C)c1. The third kappa shape index (κ3) is 6.29. The molecular formula is C14H22O3. The molecule has 1 aromatic carbocycles. The Morgan fingerprint density at radius 2 is 1.59 bits per heavy atom. The normalized spacial score (nSPS) is 10.5. The van der Waals surface area contributed by atoms with E-state index in [0.717, 1.165) is 12.2 Å². The molecule has 0 bridgehead atoms. The second-order valence-corrected chi connectivity index (χ2v) is 4.13. The molecule has 1 aromatic rings. The maximum atomic E-state index is 5.66. The van der Waals surface area contributed by atoms with Crippen LogP contribution >= 0.6 is 0 Å². The van der Waals surface area contributed by atoms with Gasteiger partial charge in [0.2, 0.25) is 0 Å². The van der Waals surface area contributed by atoms with Gasteiger partial charge in [-0.15, -0.1) is 0 Å². The summed E-state index contributed by atoms with van der Waals surface area (Å²) in [6.45, 7) is 6.86. The van der Waals surface area contributed by atoms with E-state index >= 15 is 0 Å². The Hall–Kier alpha value is -1.06. The molecule has 96 valence electrons. The molecule has 0 aliphatic heterocycles. The van der Waals surface area contributed by atoms with Gasteiger partial charge in [0, 0.05) is 20.1 Å². The Kier molecular flexibility index (Phi) is 6.67. The average molecular weight is 238 g/mol. The predicted octanol–water partition coefficient (Wildman–Crippen LogP) is 2.74. The lowest BCUT2D eigenvalue weighted by molar-refractivity contribution is 0.0644. The highest BCUT2D eigenvalue weighted by Crippen LogP contribution is 2.16. The van der Waals surface area contributed by atoms with Crippen molar-refractivity contribution in [3.63, 3.8) is 0 Å². The van der Waals surface area contributed by atoms with Gasteiger partial charge in [-0.05, 0) is 37.1 Å². The van der Waals surface area contributed by atoms with Crippen molar-refractivity contribution in [2.45, 2.75) is 20.3 Å². The molecule has 0 radical (unpaired) electrons. The van der Waals surface area contributed by atoms with Gasteiger partial charge >= 0.3 is 0 Å². The van der Waals surface area contributed by atoms with Crippen molar-refractivity contribution in [2.75, 3.05) is 33.5 Å². The lowest BCUT2D eigenvalue weighted by atomic mass is 10.1. The molecule has 17 heavy (non-hydrogen) atoms. The van der Waals surface area contributed by atoms with Crippen LogP contribution in [0, 0.1) is 13.8 Å². The number of rotatable bonds is 8. The predicted molar refractivity (Wildman–Crippen MR) is 68.7 cm³/mol. The maximum absolute atomic E-state index is 5.66. The van der Waals surface area contributed by atoms with Crippen molar-refractivity contribution in [1.82, 2.24) is 0 Å². The first-order chi connectivity index (χ1) is 8.22. The van der Waals surface area contributed by atoms with Crippen LogP contribution < -0.4 is 4.74 Å². The van der Waals surface area contributed by atoms with Crippen LogP contribution in [0.5, 0.6) is 5.75 Å². The van der Waals surface area contributed by atoms with E-state index < -0.39 is 0 Å². The highest BCUT2D eigenvalue weighted by Gasteiger charge is 1.97. The van der Waals surface area contributed by atoms with E-state index in [1.165, 1.54) is 11.1 Å². The molecule has 1 rings (SSSR count). The van der Waals surface area contributed by atoms with E-state index in [0.29, 0.717) is 26.4 Å². The molecule has 0 saturated heterocycles. The average Bonchev–Trinajstić information content (AvgIpc) is 2.26. The van der Waals surface area contributed by atoms with Crippen LogP contribution in [0.3, 0.4) is 0 Å². The molecule has 3 heteroatoms. The van der Waals surface area contributed by atoms with E-state index in [9.17, 15) is 0 Å². The van der Waals surface area contributed by atoms with Crippen LogP contribution in [0.4, 0.5) is 0 Å². The van der Waals surface area contributed by atoms with Crippen molar-refractivity contribution in [1.29, 1.82) is 0 Å². The highest BCUT2D eigenvalue weighted by atomic mass is 16.5. The number of aryl methyl sites for hydroxylation is 2. The minimum atomic E-state index is 0.651. The van der Waals surface area contributed by atoms with Gasteiger partial charge in [-0.2, -0.15) is 0 Å². The summed E-state index contributed by atoms with van der Waals surface area (Å²) in [6.07, 6.45) is 0.900. The van der Waals surface area contributed by atoms with Gasteiger partial charge in [-0.25, -0.2) is 0 Å². The smallest absolute Gasteiger partial charge is 0.119 e. The van der Waals surface area contributed by atoms with Crippen LogP contribution in [-0.4, -0.2) is 33.5 Å². The third-order valence-electron chi connectivity index (χ3n) is 2.33. The first-order valence-electron chi connectivity index (χ1n) is 6.00. The molecule has 0 aliphatic carbocycles. The van der Waals surface area contributed by atoms with E-state index in [4.69, 9.17) is 14.2 Å². The minimum absolute atomic E-state index is 0.651. The standard InChI is InChI=1S/C14H22O3/c1-12-9-13(2)11-14(10-12)17-6-4-5-16-8-7-15-3/h9-11H,4-8H2,1-3H3. The fourth-order valence-corrected chi connectivity index (χ4v) is 1.61. The first-order valence-corrected chi connectivity index (χ1v) is 6.00. The molecule has 0 spiro atoms. The van der Waals surface area contributed by atoms with Crippen molar-refractivity contribution in [3.8, 4) is 5.75 Å². The topological polar surface area (TPSA) is 27.7 Å². The summed E-state index contributed by atoms with van der Waals surface area (Å²) >= 11 is 0. The third-order valence-corrected chi connectivity index (χ3v) is 2.33. The molecular weight excluding hydrogens is 216 g/mol. The van der Waals surface area contributed by atoms with Gasteiger partial charge in [-0.1, -0.05) is 6.07 Å². The molecule has 0 saturated carbocycles. The molecule has 0 N–H and O–H groups in total. The Bertz CT molecular complexity index is 303. The molecule has 0 fully saturated rings.